The number of hydrogen-bond donors (Lipinski definition) is 11. The molecule has 0 aliphatic carbocycles. The van der Waals surface area contributed by atoms with Gasteiger partial charge in [-0.2, -0.15) is 0 Å². The van der Waals surface area contributed by atoms with Crippen LogP contribution in [0.2, 0.25) is 0 Å². The zero-order valence-corrected chi connectivity index (χ0v) is 15.9. The fraction of sp³-hybridized carbons (Fsp3) is 1.00. The van der Waals surface area contributed by atoms with Crippen LogP contribution in [0.5, 0.6) is 0 Å². The Labute approximate surface area is 167 Å². The van der Waals surface area contributed by atoms with Gasteiger partial charge in [-0.1, -0.05) is 0 Å². The Hall–Kier alpha value is -0.520. The molecule has 0 amide bonds. The summed E-state index contributed by atoms with van der Waals surface area (Å²) in [5.74, 6) is 0. The van der Waals surface area contributed by atoms with E-state index in [9.17, 15) is 30.6 Å². The Morgan fingerprint density at radius 1 is 0.517 bits per heavy atom. The lowest BCUT2D eigenvalue weighted by Gasteiger charge is -2.40. The lowest BCUT2D eigenvalue weighted by Crippen LogP contribution is -2.63. The molecule has 10 atom stereocenters. The molecule has 0 saturated carbocycles. The topological polar surface area (TPSA) is 216 Å². The van der Waals surface area contributed by atoms with Crippen molar-refractivity contribution in [1.82, 2.24) is 16.0 Å². The van der Waals surface area contributed by atoms with Crippen LogP contribution in [0.15, 0.2) is 0 Å². The normalized spacial score (nSPS) is 43.4. The molecule has 0 radical (unpaired) electrons. The highest BCUT2D eigenvalue weighted by molar-refractivity contribution is 4.92. The quantitative estimate of drug-likeness (QED) is 0.146. The zero-order valence-electron chi connectivity index (χ0n) is 15.9. The van der Waals surface area contributed by atoms with Crippen molar-refractivity contribution in [2.45, 2.75) is 61.3 Å². The minimum absolute atomic E-state index is 0.350. The van der Waals surface area contributed by atoms with E-state index in [1.165, 1.54) is 0 Å². The first-order valence-electron chi connectivity index (χ1n) is 9.60. The molecule has 2 aliphatic heterocycles. The second kappa shape index (κ2) is 11.8. The van der Waals surface area contributed by atoms with Crippen molar-refractivity contribution in [3.8, 4) is 0 Å². The molecule has 13 heteroatoms. The van der Waals surface area contributed by atoms with Crippen molar-refractivity contribution in [2.75, 3.05) is 39.4 Å². The van der Waals surface area contributed by atoms with Crippen LogP contribution in [0.4, 0.5) is 0 Å². The van der Waals surface area contributed by atoms with Crippen molar-refractivity contribution in [3.63, 3.8) is 0 Å². The van der Waals surface area contributed by atoms with E-state index in [4.69, 9.17) is 19.7 Å². The number of rotatable bonds is 10. The van der Waals surface area contributed by atoms with Crippen LogP contribution in [0.25, 0.3) is 0 Å². The van der Waals surface area contributed by atoms with E-state index in [1.54, 1.807) is 0 Å². The molecule has 172 valence electrons. The average Bonchev–Trinajstić information content (AvgIpc) is 2.72. The Bertz CT molecular complexity index is 434. The average molecular weight is 427 g/mol. The number of aliphatic hydroxyl groups is 8. The van der Waals surface area contributed by atoms with E-state index in [1.807, 2.05) is 0 Å². The summed E-state index contributed by atoms with van der Waals surface area (Å²) in [4.78, 5) is 0. The molecule has 2 rings (SSSR count). The predicted molar refractivity (Wildman–Crippen MR) is 96.4 cm³/mol. The summed E-state index contributed by atoms with van der Waals surface area (Å²) in [6.45, 7) is 0.609. The van der Waals surface area contributed by atoms with Gasteiger partial charge in [-0.25, -0.2) is 0 Å². The maximum Gasteiger partial charge on any atom is 0.137 e. The third-order valence-electron chi connectivity index (χ3n) is 5.08. The highest BCUT2D eigenvalue weighted by Crippen LogP contribution is 2.20. The van der Waals surface area contributed by atoms with Gasteiger partial charge in [0, 0.05) is 26.2 Å². The lowest BCUT2D eigenvalue weighted by atomic mass is 9.98. The highest BCUT2D eigenvalue weighted by Gasteiger charge is 2.44. The first kappa shape index (κ1) is 24.7. The first-order chi connectivity index (χ1) is 13.8. The van der Waals surface area contributed by atoms with Crippen LogP contribution in [0, 0.1) is 0 Å². The molecular weight excluding hydrogens is 394 g/mol. The van der Waals surface area contributed by atoms with Gasteiger partial charge in [0.25, 0.3) is 0 Å². The van der Waals surface area contributed by atoms with Crippen molar-refractivity contribution in [1.29, 1.82) is 0 Å². The van der Waals surface area contributed by atoms with Gasteiger partial charge in [-0.15, -0.1) is 0 Å². The third kappa shape index (κ3) is 6.24. The predicted octanol–water partition coefficient (Wildman–Crippen LogP) is -6.64. The number of ether oxygens (including phenoxy) is 2. The highest BCUT2D eigenvalue weighted by atomic mass is 16.6. The Morgan fingerprint density at radius 3 is 1.24 bits per heavy atom. The minimum atomic E-state index is -1.44. The van der Waals surface area contributed by atoms with E-state index < -0.39 is 74.5 Å². The third-order valence-corrected chi connectivity index (χ3v) is 5.08. The van der Waals surface area contributed by atoms with Gasteiger partial charge < -0.3 is 55.6 Å². The molecule has 2 fully saturated rings. The van der Waals surface area contributed by atoms with Crippen LogP contribution >= 0.6 is 0 Å². The van der Waals surface area contributed by atoms with Gasteiger partial charge in [0.2, 0.25) is 0 Å². The summed E-state index contributed by atoms with van der Waals surface area (Å²) in [6, 6.07) is 0. The maximum absolute atomic E-state index is 9.91. The molecule has 11 N–H and O–H groups in total. The monoisotopic (exact) mass is 427 g/mol. The summed E-state index contributed by atoms with van der Waals surface area (Å²) >= 11 is 0. The summed E-state index contributed by atoms with van der Waals surface area (Å²) in [5, 5.41) is 85.8. The summed E-state index contributed by atoms with van der Waals surface area (Å²) in [5.41, 5.74) is 0. The molecular formula is C16H33N3O10. The van der Waals surface area contributed by atoms with E-state index in [0.717, 1.165) is 0 Å². The Morgan fingerprint density at radius 2 is 0.897 bits per heavy atom. The van der Waals surface area contributed by atoms with Crippen LogP contribution in [-0.4, -0.2) is 142 Å². The summed E-state index contributed by atoms with van der Waals surface area (Å²) in [6.07, 6.45) is -12.2. The molecule has 29 heavy (non-hydrogen) atoms. The number of hydrogen-bond acceptors (Lipinski definition) is 13. The SMILES string of the molecule is OC[C@H]1O[C@@H](NCCNCCN[C@@H]2O[C@H](CO)[C@H](O)[C@H](O)[C@H]2O)[C@H](O)[C@@H](O)[C@H]1O. The fourth-order valence-corrected chi connectivity index (χ4v) is 3.27. The van der Waals surface area contributed by atoms with Crippen molar-refractivity contribution in [2.24, 2.45) is 0 Å². The van der Waals surface area contributed by atoms with Gasteiger partial charge in [0.05, 0.1) is 13.2 Å². The van der Waals surface area contributed by atoms with Gasteiger partial charge >= 0.3 is 0 Å². The van der Waals surface area contributed by atoms with Crippen molar-refractivity contribution < 1.29 is 50.3 Å². The van der Waals surface area contributed by atoms with Crippen LogP contribution in [-0.2, 0) is 9.47 Å². The summed E-state index contributed by atoms with van der Waals surface area (Å²) in [7, 11) is 0. The van der Waals surface area contributed by atoms with Crippen molar-refractivity contribution >= 4 is 0 Å². The number of aliphatic hydroxyl groups excluding tert-OH is 8. The molecule has 13 nitrogen and oxygen atoms in total. The van der Waals surface area contributed by atoms with Gasteiger partial charge in [0.1, 0.15) is 61.3 Å². The summed E-state index contributed by atoms with van der Waals surface area (Å²) < 4.78 is 10.6. The molecule has 0 aromatic rings. The van der Waals surface area contributed by atoms with E-state index in [-0.39, 0.29) is 0 Å². The van der Waals surface area contributed by atoms with E-state index >= 15 is 0 Å². The number of nitrogens with one attached hydrogen (secondary N) is 3. The largest absolute Gasteiger partial charge is 0.394 e. The standard InChI is InChI=1S/C16H33N3O10/c20-5-7-9(22)11(24)13(26)15(28-7)18-3-1-17-2-4-19-16-14(27)12(25)10(23)8(6-21)29-16/h7-27H,1-6H2/t7-,8-,9+,10+,11+,12+,13-,14-,15-,16-/m1/s1. The molecule has 2 aliphatic rings. The molecule has 0 aromatic carbocycles. The zero-order chi connectivity index (χ0) is 21.6. The molecule has 2 saturated heterocycles. The van der Waals surface area contributed by atoms with Gasteiger partial charge in [-0.05, 0) is 0 Å². The fourth-order valence-electron chi connectivity index (χ4n) is 3.27. The first-order valence-corrected chi connectivity index (χ1v) is 9.60. The van der Waals surface area contributed by atoms with Crippen LogP contribution in [0.3, 0.4) is 0 Å². The smallest absolute Gasteiger partial charge is 0.137 e. The van der Waals surface area contributed by atoms with Crippen LogP contribution < -0.4 is 16.0 Å². The second-order valence-electron chi connectivity index (χ2n) is 7.16. The van der Waals surface area contributed by atoms with Gasteiger partial charge in [-0.3, -0.25) is 10.6 Å². The minimum Gasteiger partial charge on any atom is -0.394 e. The van der Waals surface area contributed by atoms with Crippen molar-refractivity contribution in [3.05, 3.63) is 0 Å². The molecule has 0 aromatic heterocycles. The molecule has 2 heterocycles. The van der Waals surface area contributed by atoms with E-state index in [0.29, 0.717) is 26.2 Å². The second-order valence-corrected chi connectivity index (χ2v) is 7.16. The molecule has 0 unspecified atom stereocenters. The lowest BCUT2D eigenvalue weighted by molar-refractivity contribution is -0.236. The molecule has 0 bridgehead atoms. The Balaban J connectivity index is 1.61. The Kier molecular flexibility index (Phi) is 10.0. The maximum atomic E-state index is 9.91. The molecule has 0 spiro atoms. The van der Waals surface area contributed by atoms with Gasteiger partial charge in [0.15, 0.2) is 0 Å². The van der Waals surface area contributed by atoms with Crippen LogP contribution in [0.1, 0.15) is 0 Å². The van der Waals surface area contributed by atoms with E-state index in [2.05, 4.69) is 16.0 Å².